The van der Waals surface area contributed by atoms with Crippen molar-refractivity contribution in [2.24, 2.45) is 5.92 Å². The van der Waals surface area contributed by atoms with Gasteiger partial charge in [-0.25, -0.2) is 8.42 Å². The van der Waals surface area contributed by atoms with E-state index in [-0.39, 0.29) is 6.04 Å². The molecule has 0 bridgehead atoms. The van der Waals surface area contributed by atoms with Gasteiger partial charge in [-0.2, -0.15) is 4.31 Å². The van der Waals surface area contributed by atoms with Crippen LogP contribution in [0.5, 0.6) is 0 Å². The van der Waals surface area contributed by atoms with Crippen LogP contribution in [0.4, 0.5) is 0 Å². The van der Waals surface area contributed by atoms with Gasteiger partial charge in [0.1, 0.15) is 0 Å². The second kappa shape index (κ2) is 6.16. The standard InChI is InChI=1S/C17H23NO2S/c1-13(2)12-14(3)18(4)21(19,20)17-11-7-9-15-8-5-6-10-16(15)17/h5-11,13-14H,12H2,1-4H3. The van der Waals surface area contributed by atoms with Crippen molar-refractivity contribution in [2.45, 2.75) is 38.1 Å². The molecule has 0 aliphatic heterocycles. The minimum atomic E-state index is -3.48. The van der Waals surface area contributed by atoms with Gasteiger partial charge >= 0.3 is 0 Å². The first-order valence-corrected chi connectivity index (χ1v) is 8.74. The van der Waals surface area contributed by atoms with E-state index in [4.69, 9.17) is 0 Å². The van der Waals surface area contributed by atoms with Gasteiger partial charge in [0.2, 0.25) is 10.0 Å². The number of rotatable bonds is 5. The second-order valence-electron chi connectivity index (χ2n) is 5.98. The largest absolute Gasteiger partial charge is 0.243 e. The monoisotopic (exact) mass is 305 g/mol. The molecule has 0 aromatic heterocycles. The highest BCUT2D eigenvalue weighted by Crippen LogP contribution is 2.27. The van der Waals surface area contributed by atoms with Gasteiger partial charge in [0, 0.05) is 18.5 Å². The Balaban J connectivity index is 2.47. The fourth-order valence-corrected chi connectivity index (χ4v) is 4.23. The third-order valence-corrected chi connectivity index (χ3v) is 5.87. The van der Waals surface area contributed by atoms with E-state index in [1.165, 1.54) is 4.31 Å². The van der Waals surface area contributed by atoms with Crippen LogP contribution in [-0.2, 0) is 10.0 Å². The van der Waals surface area contributed by atoms with Crippen LogP contribution in [0.1, 0.15) is 27.2 Å². The molecule has 0 saturated heterocycles. The number of hydrogen-bond donors (Lipinski definition) is 0. The topological polar surface area (TPSA) is 37.4 Å². The minimum absolute atomic E-state index is 0.0195. The molecule has 4 heteroatoms. The summed E-state index contributed by atoms with van der Waals surface area (Å²) in [6, 6.07) is 13.0. The van der Waals surface area contributed by atoms with Gasteiger partial charge in [-0.1, -0.05) is 50.2 Å². The molecule has 0 amide bonds. The van der Waals surface area contributed by atoms with Gasteiger partial charge in [-0.15, -0.1) is 0 Å². The molecule has 2 aromatic rings. The fourth-order valence-electron chi connectivity index (χ4n) is 2.64. The van der Waals surface area contributed by atoms with E-state index >= 15 is 0 Å². The average Bonchev–Trinajstić information content (AvgIpc) is 2.45. The average molecular weight is 305 g/mol. The summed E-state index contributed by atoms with van der Waals surface area (Å²) in [6.45, 7) is 6.17. The summed E-state index contributed by atoms with van der Waals surface area (Å²) < 4.78 is 27.3. The molecule has 0 heterocycles. The van der Waals surface area contributed by atoms with E-state index in [0.717, 1.165) is 17.2 Å². The van der Waals surface area contributed by atoms with Crippen LogP contribution in [0, 0.1) is 5.92 Å². The van der Waals surface area contributed by atoms with Gasteiger partial charge in [0.15, 0.2) is 0 Å². The third kappa shape index (κ3) is 3.27. The van der Waals surface area contributed by atoms with Crippen LogP contribution >= 0.6 is 0 Å². The van der Waals surface area contributed by atoms with Crippen molar-refractivity contribution >= 4 is 20.8 Å². The third-order valence-electron chi connectivity index (χ3n) is 3.84. The molecule has 0 aliphatic carbocycles. The molecule has 1 atom stereocenters. The number of benzene rings is 2. The molecule has 0 N–H and O–H groups in total. The first-order valence-electron chi connectivity index (χ1n) is 7.30. The van der Waals surface area contributed by atoms with Crippen LogP contribution in [0.25, 0.3) is 10.8 Å². The molecule has 114 valence electrons. The molecule has 0 radical (unpaired) electrons. The Morgan fingerprint density at radius 3 is 2.29 bits per heavy atom. The predicted molar refractivity (Wildman–Crippen MR) is 87.8 cm³/mol. The summed E-state index contributed by atoms with van der Waals surface area (Å²) in [5.41, 5.74) is 0. The highest BCUT2D eigenvalue weighted by Gasteiger charge is 2.27. The smallest absolute Gasteiger partial charge is 0.207 e. The lowest BCUT2D eigenvalue weighted by Gasteiger charge is -2.26. The predicted octanol–water partition coefficient (Wildman–Crippen LogP) is 3.89. The maximum atomic E-state index is 12.9. The molecule has 21 heavy (non-hydrogen) atoms. The number of sulfonamides is 1. The van der Waals surface area contributed by atoms with E-state index in [0.29, 0.717) is 10.8 Å². The Hall–Kier alpha value is -1.39. The van der Waals surface area contributed by atoms with E-state index in [2.05, 4.69) is 13.8 Å². The summed E-state index contributed by atoms with van der Waals surface area (Å²) in [6.07, 6.45) is 0.848. The van der Waals surface area contributed by atoms with Crippen LogP contribution in [0.15, 0.2) is 47.4 Å². The second-order valence-corrected chi connectivity index (χ2v) is 7.94. The minimum Gasteiger partial charge on any atom is -0.207 e. The molecule has 3 nitrogen and oxygen atoms in total. The Morgan fingerprint density at radius 1 is 1.00 bits per heavy atom. The van der Waals surface area contributed by atoms with Crippen LogP contribution in [0.2, 0.25) is 0 Å². The lowest BCUT2D eigenvalue weighted by molar-refractivity contribution is 0.338. The molecule has 0 spiro atoms. The maximum Gasteiger partial charge on any atom is 0.243 e. The fraction of sp³-hybridized carbons (Fsp3) is 0.412. The van der Waals surface area contributed by atoms with Crippen molar-refractivity contribution in [3.63, 3.8) is 0 Å². The summed E-state index contributed by atoms with van der Waals surface area (Å²) in [7, 11) is -1.81. The van der Waals surface area contributed by atoms with Gasteiger partial charge in [0.05, 0.1) is 4.90 Å². The first-order chi connectivity index (χ1) is 9.84. The van der Waals surface area contributed by atoms with Crippen molar-refractivity contribution in [2.75, 3.05) is 7.05 Å². The number of hydrogen-bond acceptors (Lipinski definition) is 2. The van der Waals surface area contributed by atoms with E-state index in [9.17, 15) is 8.42 Å². The Morgan fingerprint density at radius 2 is 1.62 bits per heavy atom. The maximum absolute atomic E-state index is 12.9. The van der Waals surface area contributed by atoms with E-state index < -0.39 is 10.0 Å². The Bertz CT molecular complexity index is 717. The van der Waals surface area contributed by atoms with Crippen LogP contribution in [-0.4, -0.2) is 25.8 Å². The quantitative estimate of drug-likeness (QED) is 0.840. The molecule has 0 aliphatic rings. The van der Waals surface area contributed by atoms with Gasteiger partial charge in [-0.05, 0) is 30.7 Å². The van der Waals surface area contributed by atoms with Crippen molar-refractivity contribution in [1.82, 2.24) is 4.31 Å². The summed E-state index contributed by atoms with van der Waals surface area (Å²) >= 11 is 0. The highest BCUT2D eigenvalue weighted by atomic mass is 32.2. The summed E-state index contributed by atoms with van der Waals surface area (Å²) in [5, 5.41) is 1.73. The highest BCUT2D eigenvalue weighted by molar-refractivity contribution is 7.89. The number of nitrogens with zero attached hydrogens (tertiary/aromatic N) is 1. The van der Waals surface area contributed by atoms with Crippen molar-refractivity contribution < 1.29 is 8.42 Å². The Labute approximate surface area is 127 Å². The summed E-state index contributed by atoms with van der Waals surface area (Å²) in [5.74, 6) is 0.463. The molecule has 1 unspecified atom stereocenters. The lowest BCUT2D eigenvalue weighted by Crippen LogP contribution is -2.36. The van der Waals surface area contributed by atoms with Crippen LogP contribution < -0.4 is 0 Å². The van der Waals surface area contributed by atoms with Crippen molar-refractivity contribution in [3.8, 4) is 0 Å². The SMILES string of the molecule is CC(C)CC(C)N(C)S(=O)(=O)c1cccc2ccccc12. The summed E-state index contributed by atoms with van der Waals surface area (Å²) in [4.78, 5) is 0.388. The zero-order valence-corrected chi connectivity index (χ0v) is 13.9. The van der Waals surface area contributed by atoms with E-state index in [1.807, 2.05) is 37.3 Å². The zero-order chi connectivity index (χ0) is 15.6. The van der Waals surface area contributed by atoms with Gasteiger partial charge in [-0.3, -0.25) is 0 Å². The normalized spacial score (nSPS) is 14.0. The molecule has 2 aromatic carbocycles. The molecular formula is C17H23NO2S. The molecule has 0 fully saturated rings. The molecular weight excluding hydrogens is 282 g/mol. The van der Waals surface area contributed by atoms with E-state index in [1.54, 1.807) is 19.2 Å². The molecule has 2 rings (SSSR count). The van der Waals surface area contributed by atoms with Crippen molar-refractivity contribution in [3.05, 3.63) is 42.5 Å². The molecule has 0 saturated carbocycles. The van der Waals surface area contributed by atoms with Crippen molar-refractivity contribution in [1.29, 1.82) is 0 Å². The lowest BCUT2D eigenvalue weighted by atomic mass is 10.1. The Kier molecular flexibility index (Phi) is 4.69. The first kappa shape index (κ1) is 16.0. The van der Waals surface area contributed by atoms with Gasteiger partial charge in [0.25, 0.3) is 0 Å². The zero-order valence-electron chi connectivity index (χ0n) is 13.1. The van der Waals surface area contributed by atoms with Crippen LogP contribution in [0.3, 0.4) is 0 Å². The van der Waals surface area contributed by atoms with Gasteiger partial charge < -0.3 is 0 Å². The number of fused-ring (bicyclic) bond motifs is 1.